The second-order valence-electron chi connectivity index (χ2n) is 7.92. The third kappa shape index (κ3) is 4.58. The van der Waals surface area contributed by atoms with Gasteiger partial charge < -0.3 is 24.0 Å². The van der Waals surface area contributed by atoms with Crippen molar-refractivity contribution < 1.29 is 23.8 Å². The van der Waals surface area contributed by atoms with Crippen molar-refractivity contribution in [2.45, 2.75) is 50.5 Å². The molecule has 0 spiro atoms. The molecule has 0 N–H and O–H groups in total. The van der Waals surface area contributed by atoms with Crippen LogP contribution in [0.15, 0.2) is 18.2 Å². The Balaban J connectivity index is 1.98. The number of rotatable bonds is 1. The van der Waals surface area contributed by atoms with E-state index in [2.05, 4.69) is 0 Å². The summed E-state index contributed by atoms with van der Waals surface area (Å²) >= 11 is 0. The minimum Gasteiger partial charge on any atom is -0.490 e. The number of benzene rings is 1. The van der Waals surface area contributed by atoms with Crippen molar-refractivity contribution >= 4 is 11.8 Å². The van der Waals surface area contributed by atoms with Crippen LogP contribution < -0.4 is 4.74 Å². The second kappa shape index (κ2) is 9.45. The Labute approximate surface area is 177 Å². The van der Waals surface area contributed by atoms with Crippen LogP contribution in [0.2, 0.25) is 0 Å². The minimum absolute atomic E-state index is 0.0123. The maximum absolute atomic E-state index is 13.2. The molecule has 8 nitrogen and oxygen atoms in total. The van der Waals surface area contributed by atoms with Crippen molar-refractivity contribution in [2.24, 2.45) is 0 Å². The standard InChI is InChI=1S/C22H29N3O5/c1-14-21(26)24(2)10-9-16-6-8-19(28-4)20(30-16)13-29-18-7-5-15(12-23)11-17(18)22(27)25(14)3/h5,7,11,14,16,19-20H,6,8-10,13H2,1-4H3/t14-,16-,19-,20-/m1/s1. The van der Waals surface area contributed by atoms with E-state index in [-0.39, 0.29) is 42.3 Å². The molecule has 3 rings (SSSR count). The Bertz CT molecular complexity index is 837. The van der Waals surface area contributed by atoms with E-state index < -0.39 is 6.04 Å². The molecule has 1 saturated heterocycles. The zero-order valence-electron chi connectivity index (χ0n) is 18.0. The summed E-state index contributed by atoms with van der Waals surface area (Å²) in [7, 11) is 4.98. The Morgan fingerprint density at radius 1 is 1.20 bits per heavy atom. The van der Waals surface area contributed by atoms with Gasteiger partial charge in [-0.3, -0.25) is 9.59 Å². The predicted octanol–water partition coefficient (Wildman–Crippen LogP) is 1.82. The molecule has 2 heterocycles. The summed E-state index contributed by atoms with van der Waals surface area (Å²) < 4.78 is 17.8. The van der Waals surface area contributed by atoms with Crippen LogP contribution >= 0.6 is 0 Å². The molecule has 2 amide bonds. The highest BCUT2D eigenvalue weighted by Crippen LogP contribution is 2.28. The molecule has 0 aliphatic carbocycles. The highest BCUT2D eigenvalue weighted by Gasteiger charge is 2.34. The average molecular weight is 415 g/mol. The maximum atomic E-state index is 13.2. The molecule has 30 heavy (non-hydrogen) atoms. The summed E-state index contributed by atoms with van der Waals surface area (Å²) in [6, 6.07) is 6.12. The van der Waals surface area contributed by atoms with Gasteiger partial charge in [-0.1, -0.05) is 0 Å². The molecule has 4 atom stereocenters. The summed E-state index contributed by atoms with van der Waals surface area (Å²) in [6.45, 7) is 2.47. The minimum atomic E-state index is -0.651. The number of carbonyl (C=O) groups excluding carboxylic acids is 2. The van der Waals surface area contributed by atoms with Gasteiger partial charge in [0.15, 0.2) is 0 Å². The van der Waals surface area contributed by atoms with Gasteiger partial charge in [-0.2, -0.15) is 5.26 Å². The highest BCUT2D eigenvalue weighted by atomic mass is 16.6. The first kappa shape index (κ1) is 22.1. The summed E-state index contributed by atoms with van der Waals surface area (Å²) in [4.78, 5) is 29.1. The quantitative estimate of drug-likeness (QED) is 0.695. The summed E-state index contributed by atoms with van der Waals surface area (Å²) in [6.07, 6.45) is 2.03. The molecule has 162 valence electrons. The molecule has 2 aliphatic heterocycles. The zero-order valence-corrected chi connectivity index (χ0v) is 18.0. The number of fused-ring (bicyclic) bond motifs is 3. The second-order valence-corrected chi connectivity index (χ2v) is 7.92. The van der Waals surface area contributed by atoms with Gasteiger partial charge in [0.05, 0.1) is 29.4 Å². The molecule has 8 heteroatoms. The van der Waals surface area contributed by atoms with Crippen molar-refractivity contribution in [1.82, 2.24) is 9.80 Å². The fourth-order valence-corrected chi connectivity index (χ4v) is 3.93. The molecule has 0 unspecified atom stereocenters. The van der Waals surface area contributed by atoms with E-state index in [1.807, 2.05) is 6.07 Å². The normalized spacial score (nSPS) is 28.2. The van der Waals surface area contributed by atoms with Crippen molar-refractivity contribution in [3.8, 4) is 11.8 Å². The number of hydrogen-bond acceptors (Lipinski definition) is 6. The Kier molecular flexibility index (Phi) is 6.95. The van der Waals surface area contributed by atoms with E-state index in [0.717, 1.165) is 12.8 Å². The summed E-state index contributed by atoms with van der Waals surface area (Å²) in [5.74, 6) is -0.167. The van der Waals surface area contributed by atoms with Crippen molar-refractivity contribution in [2.75, 3.05) is 34.4 Å². The molecule has 0 saturated carbocycles. The zero-order chi connectivity index (χ0) is 21.8. The number of amides is 2. The molecule has 0 aromatic heterocycles. The van der Waals surface area contributed by atoms with Gasteiger partial charge in [-0.15, -0.1) is 0 Å². The molecular weight excluding hydrogens is 386 g/mol. The summed E-state index contributed by atoms with van der Waals surface area (Å²) in [5, 5.41) is 9.27. The highest BCUT2D eigenvalue weighted by molar-refractivity contribution is 5.99. The number of carbonyl (C=O) groups is 2. The lowest BCUT2D eigenvalue weighted by molar-refractivity contribution is -0.146. The predicted molar refractivity (Wildman–Crippen MR) is 109 cm³/mol. The van der Waals surface area contributed by atoms with E-state index in [1.54, 1.807) is 45.2 Å². The Morgan fingerprint density at radius 3 is 2.67 bits per heavy atom. The number of methoxy groups -OCH3 is 1. The first-order valence-corrected chi connectivity index (χ1v) is 10.2. The largest absolute Gasteiger partial charge is 0.490 e. The molecular formula is C22H29N3O5. The average Bonchev–Trinajstić information content (AvgIpc) is 2.78. The smallest absolute Gasteiger partial charge is 0.258 e. The van der Waals surface area contributed by atoms with Gasteiger partial charge >= 0.3 is 0 Å². The number of likely N-dealkylation sites (N-methyl/N-ethyl adjacent to an activating group) is 2. The van der Waals surface area contributed by atoms with Crippen molar-refractivity contribution in [3.05, 3.63) is 29.3 Å². The molecule has 1 aromatic rings. The lowest BCUT2D eigenvalue weighted by Crippen LogP contribution is -2.48. The van der Waals surface area contributed by atoms with Crippen LogP contribution in [0.25, 0.3) is 0 Å². The summed E-state index contributed by atoms with van der Waals surface area (Å²) in [5.41, 5.74) is 0.595. The number of nitrogens with zero attached hydrogens (tertiary/aromatic N) is 3. The van der Waals surface area contributed by atoms with Crippen LogP contribution in [-0.4, -0.2) is 80.3 Å². The van der Waals surface area contributed by atoms with E-state index in [1.165, 1.54) is 11.0 Å². The number of nitriles is 1. The first-order valence-electron chi connectivity index (χ1n) is 10.2. The first-order chi connectivity index (χ1) is 14.3. The number of hydrogen-bond donors (Lipinski definition) is 0. The van der Waals surface area contributed by atoms with E-state index in [4.69, 9.17) is 14.2 Å². The monoisotopic (exact) mass is 415 g/mol. The van der Waals surface area contributed by atoms with Crippen molar-refractivity contribution in [3.63, 3.8) is 0 Å². The van der Waals surface area contributed by atoms with Gasteiger partial charge in [-0.25, -0.2) is 0 Å². The fraction of sp³-hybridized carbons (Fsp3) is 0.591. The van der Waals surface area contributed by atoms with Gasteiger partial charge in [0.1, 0.15) is 24.5 Å². The van der Waals surface area contributed by atoms with Gasteiger partial charge in [0.2, 0.25) is 5.91 Å². The molecule has 0 radical (unpaired) electrons. The molecule has 1 fully saturated rings. The molecule has 2 aliphatic rings. The van der Waals surface area contributed by atoms with Crippen LogP contribution in [-0.2, 0) is 14.3 Å². The SMILES string of the molecule is CO[C@@H]1CC[C@@H]2CCN(C)C(=O)[C@@H](C)N(C)C(=O)c3cc(C#N)ccc3OC[C@H]1O2. The molecule has 2 bridgehead atoms. The van der Waals surface area contributed by atoms with E-state index in [9.17, 15) is 14.9 Å². The topological polar surface area (TPSA) is 92.1 Å². The third-order valence-electron chi connectivity index (χ3n) is 6.02. The van der Waals surface area contributed by atoms with E-state index in [0.29, 0.717) is 24.3 Å². The third-order valence-corrected chi connectivity index (χ3v) is 6.02. The van der Waals surface area contributed by atoms with Crippen LogP contribution in [0, 0.1) is 11.3 Å². The maximum Gasteiger partial charge on any atom is 0.258 e. The fourth-order valence-electron chi connectivity index (χ4n) is 3.93. The van der Waals surface area contributed by atoms with Crippen LogP contribution in [0.1, 0.15) is 42.1 Å². The van der Waals surface area contributed by atoms with Crippen LogP contribution in [0.5, 0.6) is 5.75 Å². The van der Waals surface area contributed by atoms with Crippen LogP contribution in [0.4, 0.5) is 0 Å². The van der Waals surface area contributed by atoms with E-state index >= 15 is 0 Å². The number of ether oxygens (including phenoxy) is 3. The lowest BCUT2D eigenvalue weighted by atomic mass is 9.99. The van der Waals surface area contributed by atoms with Gasteiger partial charge in [-0.05, 0) is 44.4 Å². The lowest BCUT2D eigenvalue weighted by Gasteiger charge is -2.37. The Hall–Kier alpha value is -2.63. The van der Waals surface area contributed by atoms with Crippen LogP contribution in [0.3, 0.4) is 0 Å². The van der Waals surface area contributed by atoms with Gasteiger partial charge in [0.25, 0.3) is 5.91 Å². The van der Waals surface area contributed by atoms with Gasteiger partial charge in [0, 0.05) is 27.7 Å². The molecule has 1 aromatic carbocycles. The van der Waals surface area contributed by atoms with Crippen molar-refractivity contribution in [1.29, 1.82) is 5.26 Å². The Morgan fingerprint density at radius 2 is 1.97 bits per heavy atom.